The summed E-state index contributed by atoms with van der Waals surface area (Å²) >= 11 is 1.87. The SMILES string of the molecule is CCOC(=O)C1(NCC2CC2)CSC(C)C1. The lowest BCUT2D eigenvalue weighted by Crippen LogP contribution is -2.54. The number of thioether (sulfide) groups is 1. The van der Waals surface area contributed by atoms with Crippen molar-refractivity contribution in [3.63, 3.8) is 0 Å². The average molecular weight is 243 g/mol. The van der Waals surface area contributed by atoms with Crippen molar-refractivity contribution >= 4 is 17.7 Å². The summed E-state index contributed by atoms with van der Waals surface area (Å²) < 4.78 is 5.22. The average Bonchev–Trinajstić information content (AvgIpc) is 3.00. The van der Waals surface area contributed by atoms with E-state index in [0.29, 0.717) is 11.9 Å². The van der Waals surface area contributed by atoms with E-state index in [0.717, 1.165) is 24.6 Å². The molecule has 92 valence electrons. The topological polar surface area (TPSA) is 38.3 Å². The summed E-state index contributed by atoms with van der Waals surface area (Å²) in [6.07, 6.45) is 3.53. The van der Waals surface area contributed by atoms with E-state index in [1.54, 1.807) is 0 Å². The van der Waals surface area contributed by atoms with Gasteiger partial charge in [0.05, 0.1) is 6.61 Å². The van der Waals surface area contributed by atoms with E-state index in [1.807, 2.05) is 18.7 Å². The fraction of sp³-hybridized carbons (Fsp3) is 0.917. The minimum absolute atomic E-state index is 0.0486. The quantitative estimate of drug-likeness (QED) is 0.747. The maximum absolute atomic E-state index is 12.0. The molecule has 0 bridgehead atoms. The highest BCUT2D eigenvalue weighted by molar-refractivity contribution is 8.00. The summed E-state index contributed by atoms with van der Waals surface area (Å²) in [5, 5.41) is 4.03. The van der Waals surface area contributed by atoms with Gasteiger partial charge >= 0.3 is 5.97 Å². The Kier molecular flexibility index (Phi) is 3.80. The molecule has 16 heavy (non-hydrogen) atoms. The summed E-state index contributed by atoms with van der Waals surface area (Å²) in [6, 6.07) is 0. The van der Waals surface area contributed by atoms with Crippen LogP contribution in [0.4, 0.5) is 0 Å². The number of rotatable bonds is 5. The molecule has 0 aromatic heterocycles. The molecule has 0 aromatic rings. The number of esters is 1. The van der Waals surface area contributed by atoms with Gasteiger partial charge in [-0.2, -0.15) is 11.8 Å². The number of hydrogen-bond acceptors (Lipinski definition) is 4. The van der Waals surface area contributed by atoms with Gasteiger partial charge in [-0.3, -0.25) is 4.79 Å². The lowest BCUT2D eigenvalue weighted by molar-refractivity contribution is -0.150. The Morgan fingerprint density at radius 1 is 1.56 bits per heavy atom. The summed E-state index contributed by atoms with van der Waals surface area (Å²) in [7, 11) is 0. The third kappa shape index (κ3) is 2.72. The van der Waals surface area contributed by atoms with E-state index in [2.05, 4.69) is 12.2 Å². The van der Waals surface area contributed by atoms with Gasteiger partial charge in [0.2, 0.25) is 0 Å². The van der Waals surface area contributed by atoms with Crippen LogP contribution in [0.1, 0.15) is 33.1 Å². The third-order valence-electron chi connectivity index (χ3n) is 3.34. The van der Waals surface area contributed by atoms with Gasteiger partial charge in [-0.05, 0) is 38.6 Å². The Hall–Kier alpha value is -0.220. The monoisotopic (exact) mass is 243 g/mol. The fourth-order valence-electron chi connectivity index (χ4n) is 2.16. The highest BCUT2D eigenvalue weighted by atomic mass is 32.2. The summed E-state index contributed by atoms with van der Waals surface area (Å²) in [6.45, 7) is 5.51. The van der Waals surface area contributed by atoms with Crippen LogP contribution in [0.25, 0.3) is 0 Å². The second-order valence-electron chi connectivity index (χ2n) is 4.95. The Morgan fingerprint density at radius 2 is 2.31 bits per heavy atom. The minimum atomic E-state index is -0.400. The molecule has 0 spiro atoms. The van der Waals surface area contributed by atoms with Gasteiger partial charge in [-0.1, -0.05) is 6.92 Å². The molecular formula is C12H21NO2S. The molecule has 3 nitrogen and oxygen atoms in total. The number of carbonyl (C=O) groups excluding carboxylic acids is 1. The zero-order valence-electron chi connectivity index (χ0n) is 10.1. The molecule has 1 aliphatic heterocycles. The Morgan fingerprint density at radius 3 is 2.81 bits per heavy atom. The molecule has 0 radical (unpaired) electrons. The Labute approximate surface area is 102 Å². The van der Waals surface area contributed by atoms with E-state index < -0.39 is 5.54 Å². The molecule has 2 aliphatic rings. The fourth-order valence-corrected chi connectivity index (χ4v) is 3.47. The van der Waals surface area contributed by atoms with Crippen LogP contribution >= 0.6 is 11.8 Å². The zero-order valence-corrected chi connectivity index (χ0v) is 10.9. The van der Waals surface area contributed by atoms with Gasteiger partial charge in [0.15, 0.2) is 0 Å². The molecule has 2 atom stereocenters. The molecular weight excluding hydrogens is 222 g/mol. The molecule has 2 unspecified atom stereocenters. The maximum atomic E-state index is 12.0. The van der Waals surface area contributed by atoms with Crippen LogP contribution in [0.2, 0.25) is 0 Å². The van der Waals surface area contributed by atoms with Crippen molar-refractivity contribution in [1.29, 1.82) is 0 Å². The molecule has 0 aromatic carbocycles. The Bertz CT molecular complexity index is 268. The molecule has 2 fully saturated rings. The number of hydrogen-bond donors (Lipinski definition) is 1. The molecule has 1 N–H and O–H groups in total. The summed E-state index contributed by atoms with van der Waals surface area (Å²) in [5.74, 6) is 1.61. The van der Waals surface area contributed by atoms with Crippen molar-refractivity contribution in [2.24, 2.45) is 5.92 Å². The first-order valence-electron chi connectivity index (χ1n) is 6.20. The van der Waals surface area contributed by atoms with Crippen LogP contribution in [0.15, 0.2) is 0 Å². The van der Waals surface area contributed by atoms with E-state index >= 15 is 0 Å². The van der Waals surface area contributed by atoms with Gasteiger partial charge in [-0.25, -0.2) is 0 Å². The number of carbonyl (C=O) groups is 1. The van der Waals surface area contributed by atoms with Crippen molar-refractivity contribution in [3.05, 3.63) is 0 Å². The first-order chi connectivity index (χ1) is 7.66. The highest BCUT2D eigenvalue weighted by Gasteiger charge is 2.46. The van der Waals surface area contributed by atoms with Gasteiger partial charge in [-0.15, -0.1) is 0 Å². The van der Waals surface area contributed by atoms with Crippen molar-refractivity contribution < 1.29 is 9.53 Å². The van der Waals surface area contributed by atoms with Crippen molar-refractivity contribution in [2.45, 2.75) is 43.9 Å². The van der Waals surface area contributed by atoms with Crippen LogP contribution in [0, 0.1) is 5.92 Å². The molecule has 1 saturated carbocycles. The second-order valence-corrected chi connectivity index (χ2v) is 6.38. The van der Waals surface area contributed by atoms with E-state index in [-0.39, 0.29) is 5.97 Å². The minimum Gasteiger partial charge on any atom is -0.465 e. The van der Waals surface area contributed by atoms with Crippen LogP contribution in [0.3, 0.4) is 0 Å². The lowest BCUT2D eigenvalue weighted by atomic mass is 9.96. The van der Waals surface area contributed by atoms with E-state index in [4.69, 9.17) is 4.74 Å². The van der Waals surface area contributed by atoms with Crippen LogP contribution < -0.4 is 5.32 Å². The van der Waals surface area contributed by atoms with Crippen molar-refractivity contribution in [2.75, 3.05) is 18.9 Å². The summed E-state index contributed by atoms with van der Waals surface area (Å²) in [5.41, 5.74) is -0.400. The largest absolute Gasteiger partial charge is 0.465 e. The van der Waals surface area contributed by atoms with E-state index in [9.17, 15) is 4.79 Å². The van der Waals surface area contributed by atoms with Crippen LogP contribution in [-0.2, 0) is 9.53 Å². The van der Waals surface area contributed by atoms with Gasteiger partial charge in [0.25, 0.3) is 0 Å². The third-order valence-corrected chi connectivity index (χ3v) is 4.74. The second kappa shape index (κ2) is 4.96. The van der Waals surface area contributed by atoms with Crippen molar-refractivity contribution in [1.82, 2.24) is 5.32 Å². The zero-order chi connectivity index (χ0) is 11.6. The number of ether oxygens (including phenoxy) is 1. The van der Waals surface area contributed by atoms with Gasteiger partial charge in [0, 0.05) is 11.0 Å². The first kappa shape index (κ1) is 12.2. The molecule has 1 aliphatic carbocycles. The Balaban J connectivity index is 1.96. The standard InChI is InChI=1S/C12H21NO2S/c1-3-15-11(14)12(6-9(2)16-8-12)13-7-10-4-5-10/h9-10,13H,3-8H2,1-2H3. The molecule has 0 amide bonds. The predicted octanol–water partition coefficient (Wildman–Crippen LogP) is 1.81. The van der Waals surface area contributed by atoms with Crippen LogP contribution in [0.5, 0.6) is 0 Å². The molecule has 1 saturated heterocycles. The van der Waals surface area contributed by atoms with Gasteiger partial charge in [0.1, 0.15) is 5.54 Å². The highest BCUT2D eigenvalue weighted by Crippen LogP contribution is 2.36. The maximum Gasteiger partial charge on any atom is 0.327 e. The lowest BCUT2D eigenvalue weighted by Gasteiger charge is -2.27. The normalized spacial score (nSPS) is 34.0. The van der Waals surface area contributed by atoms with Crippen molar-refractivity contribution in [3.8, 4) is 0 Å². The first-order valence-corrected chi connectivity index (χ1v) is 7.25. The molecule has 4 heteroatoms. The van der Waals surface area contributed by atoms with Crippen LogP contribution in [-0.4, -0.2) is 35.7 Å². The van der Waals surface area contributed by atoms with E-state index in [1.165, 1.54) is 12.8 Å². The predicted molar refractivity (Wildman–Crippen MR) is 66.6 cm³/mol. The smallest absolute Gasteiger partial charge is 0.327 e. The molecule has 2 rings (SSSR count). The number of nitrogens with one attached hydrogen (secondary N) is 1. The van der Waals surface area contributed by atoms with Gasteiger partial charge < -0.3 is 10.1 Å². The molecule has 1 heterocycles. The summed E-state index contributed by atoms with van der Waals surface area (Å²) in [4.78, 5) is 12.0.